The van der Waals surface area contributed by atoms with Crippen LogP contribution in [0.2, 0.25) is 0 Å². The molecule has 0 aliphatic heterocycles. The van der Waals surface area contributed by atoms with Crippen LogP contribution in [0.1, 0.15) is 40.0 Å². The van der Waals surface area contributed by atoms with Gasteiger partial charge in [0.25, 0.3) is 5.19 Å². The summed E-state index contributed by atoms with van der Waals surface area (Å²) in [5.41, 5.74) is 4.72. The van der Waals surface area contributed by atoms with Crippen LogP contribution in [0, 0.1) is 17.8 Å². The van der Waals surface area contributed by atoms with Gasteiger partial charge in [0.1, 0.15) is 5.76 Å². The Balaban J connectivity index is 1.54. The Kier molecular flexibility index (Phi) is 8.57. The van der Waals surface area contributed by atoms with Gasteiger partial charge in [0.15, 0.2) is 0 Å². The number of hydrogen-bond acceptors (Lipinski definition) is 5. The molecule has 1 aromatic carbocycles. The molecule has 32 heavy (non-hydrogen) atoms. The van der Waals surface area contributed by atoms with Crippen LogP contribution >= 0.6 is 11.3 Å². The predicted octanol–water partition coefficient (Wildman–Crippen LogP) is 7.34. The van der Waals surface area contributed by atoms with Crippen molar-refractivity contribution in [2.75, 3.05) is 26.1 Å². The van der Waals surface area contributed by atoms with Gasteiger partial charge in [0, 0.05) is 18.4 Å². The number of nitrogens with one attached hydrogen (secondary N) is 1. The first-order valence-electron chi connectivity index (χ1n) is 11.3. The summed E-state index contributed by atoms with van der Waals surface area (Å²) in [5.74, 6) is 2.81. The molecule has 1 unspecified atom stereocenters. The smallest absolute Gasteiger partial charge is 0.273 e. The molecule has 172 valence electrons. The molecular weight excluding hydrogens is 416 g/mol. The van der Waals surface area contributed by atoms with Gasteiger partial charge in [-0.1, -0.05) is 48.6 Å². The minimum absolute atomic E-state index is 0.553. The monoisotopic (exact) mass is 452 g/mol. The second-order valence-electron chi connectivity index (χ2n) is 8.88. The van der Waals surface area contributed by atoms with E-state index >= 15 is 0 Å². The number of aromatic nitrogens is 1. The van der Waals surface area contributed by atoms with Crippen LogP contribution in [0.3, 0.4) is 0 Å². The number of anilines is 1. The standard InChI is InChI=1S/C27H36N2O2S/c1-18(2)25(30-5)13-10-19(3)21-11-12-23(20(4)14-21)16-28-24-9-7-8-22(15-24)26-17-29-27(31-6)32-26/h7-10,13,15,17,20-21,23,28H,3,11-12,14,16H2,1-2,4-6H3/b13-10-/t20?,21-,23+/m1/s1. The van der Waals surface area contributed by atoms with E-state index < -0.39 is 0 Å². The molecule has 1 N–H and O–H groups in total. The Morgan fingerprint density at radius 2 is 2.06 bits per heavy atom. The fourth-order valence-electron chi connectivity index (χ4n) is 4.37. The minimum Gasteiger partial charge on any atom is -0.497 e. The lowest BCUT2D eigenvalue weighted by Gasteiger charge is -2.35. The van der Waals surface area contributed by atoms with Gasteiger partial charge in [-0.25, -0.2) is 4.98 Å². The molecule has 0 saturated heterocycles. The van der Waals surface area contributed by atoms with E-state index in [1.165, 1.54) is 36.0 Å². The van der Waals surface area contributed by atoms with Gasteiger partial charge < -0.3 is 14.8 Å². The van der Waals surface area contributed by atoms with E-state index in [4.69, 9.17) is 9.47 Å². The number of rotatable bonds is 9. The molecule has 3 atom stereocenters. The maximum absolute atomic E-state index is 5.44. The van der Waals surface area contributed by atoms with Crippen LogP contribution in [-0.2, 0) is 4.74 Å². The van der Waals surface area contributed by atoms with Crippen LogP contribution < -0.4 is 10.1 Å². The molecule has 1 aliphatic carbocycles. The maximum atomic E-state index is 5.44. The number of benzene rings is 1. The minimum atomic E-state index is 0.553. The number of ether oxygens (including phenoxy) is 2. The van der Waals surface area contributed by atoms with Crippen molar-refractivity contribution in [2.24, 2.45) is 17.8 Å². The molecular formula is C27H36N2O2S. The highest BCUT2D eigenvalue weighted by molar-refractivity contribution is 7.16. The molecule has 3 rings (SSSR count). The zero-order valence-corrected chi connectivity index (χ0v) is 20.8. The number of methoxy groups -OCH3 is 2. The molecule has 1 heterocycles. The number of hydrogen-bond donors (Lipinski definition) is 1. The maximum Gasteiger partial charge on any atom is 0.273 e. The molecule has 1 aliphatic rings. The first kappa shape index (κ1) is 24.1. The zero-order valence-electron chi connectivity index (χ0n) is 20.0. The highest BCUT2D eigenvalue weighted by Gasteiger charge is 2.28. The summed E-state index contributed by atoms with van der Waals surface area (Å²) in [5, 5.41) is 4.37. The van der Waals surface area contributed by atoms with Gasteiger partial charge in [-0.2, -0.15) is 0 Å². The fourth-order valence-corrected chi connectivity index (χ4v) is 5.10. The van der Waals surface area contributed by atoms with Crippen molar-refractivity contribution in [2.45, 2.75) is 40.0 Å². The molecule has 2 aromatic rings. The summed E-state index contributed by atoms with van der Waals surface area (Å²) in [6.07, 6.45) is 9.67. The Bertz CT molecular complexity index is 972. The van der Waals surface area contributed by atoms with Crippen molar-refractivity contribution in [1.82, 2.24) is 4.98 Å². The molecule has 1 fully saturated rings. The predicted molar refractivity (Wildman–Crippen MR) is 136 cm³/mol. The third-order valence-corrected chi connectivity index (χ3v) is 7.42. The van der Waals surface area contributed by atoms with Crippen molar-refractivity contribution >= 4 is 17.0 Å². The largest absolute Gasteiger partial charge is 0.497 e. The van der Waals surface area contributed by atoms with E-state index in [9.17, 15) is 0 Å². The van der Waals surface area contributed by atoms with E-state index in [-0.39, 0.29) is 0 Å². The molecule has 0 bridgehead atoms. The van der Waals surface area contributed by atoms with Crippen LogP contribution in [0.25, 0.3) is 10.4 Å². The van der Waals surface area contributed by atoms with Crippen molar-refractivity contribution < 1.29 is 9.47 Å². The lowest BCUT2D eigenvalue weighted by Crippen LogP contribution is -2.28. The normalized spacial score (nSPS) is 20.7. The van der Waals surface area contributed by atoms with E-state index in [0.29, 0.717) is 22.9 Å². The summed E-state index contributed by atoms with van der Waals surface area (Å²) in [4.78, 5) is 5.40. The lowest BCUT2D eigenvalue weighted by molar-refractivity contribution is 0.225. The third-order valence-electron chi connectivity index (χ3n) is 6.41. The first-order valence-corrected chi connectivity index (χ1v) is 12.1. The van der Waals surface area contributed by atoms with Crippen LogP contribution in [0.5, 0.6) is 5.19 Å². The second-order valence-corrected chi connectivity index (χ2v) is 9.87. The summed E-state index contributed by atoms with van der Waals surface area (Å²) in [6, 6.07) is 8.56. The molecule has 0 amide bonds. The van der Waals surface area contributed by atoms with Gasteiger partial charge in [-0.15, -0.1) is 0 Å². The van der Waals surface area contributed by atoms with Gasteiger partial charge in [0.05, 0.1) is 19.1 Å². The van der Waals surface area contributed by atoms with Gasteiger partial charge in [0.2, 0.25) is 0 Å². The van der Waals surface area contributed by atoms with Crippen LogP contribution in [0.15, 0.2) is 66.1 Å². The zero-order chi connectivity index (χ0) is 23.1. The van der Waals surface area contributed by atoms with E-state index in [1.54, 1.807) is 25.6 Å². The first-order chi connectivity index (χ1) is 15.4. The highest BCUT2D eigenvalue weighted by Crippen LogP contribution is 2.38. The molecule has 4 nitrogen and oxygen atoms in total. The summed E-state index contributed by atoms with van der Waals surface area (Å²) in [6.45, 7) is 11.9. The van der Waals surface area contributed by atoms with E-state index in [1.807, 2.05) is 6.20 Å². The van der Waals surface area contributed by atoms with Gasteiger partial charge >= 0.3 is 0 Å². The van der Waals surface area contributed by atoms with Crippen molar-refractivity contribution in [3.63, 3.8) is 0 Å². The average Bonchev–Trinajstić information content (AvgIpc) is 3.28. The quantitative estimate of drug-likeness (QED) is 0.319. The summed E-state index contributed by atoms with van der Waals surface area (Å²) in [7, 11) is 3.38. The van der Waals surface area contributed by atoms with Gasteiger partial charge in [-0.05, 0) is 80.2 Å². The van der Waals surface area contributed by atoms with Crippen molar-refractivity contribution in [3.8, 4) is 15.6 Å². The SMILES string of the molecule is C=C(/C=C\C(OC)=C(C)C)[C@@H]1CC[C@@H](CNc2cccc(-c3cnc(OC)s3)c2)C(C)C1. The molecule has 5 heteroatoms. The highest BCUT2D eigenvalue weighted by atomic mass is 32.1. The third kappa shape index (κ3) is 6.26. The lowest BCUT2D eigenvalue weighted by atomic mass is 9.72. The van der Waals surface area contributed by atoms with E-state index in [0.717, 1.165) is 22.9 Å². The Morgan fingerprint density at radius 3 is 2.72 bits per heavy atom. The number of nitrogens with zero attached hydrogens (tertiary/aromatic N) is 1. The fraction of sp³-hybridized carbons (Fsp3) is 0.444. The number of thiazole rings is 1. The second kappa shape index (κ2) is 11.4. The molecule has 0 radical (unpaired) electrons. The Hall–Kier alpha value is -2.53. The van der Waals surface area contributed by atoms with Crippen molar-refractivity contribution in [1.29, 1.82) is 0 Å². The molecule has 0 spiro atoms. The van der Waals surface area contributed by atoms with Gasteiger partial charge in [-0.3, -0.25) is 0 Å². The van der Waals surface area contributed by atoms with Crippen molar-refractivity contribution in [3.05, 3.63) is 66.1 Å². The topological polar surface area (TPSA) is 43.4 Å². The van der Waals surface area contributed by atoms with Crippen LogP contribution in [0.4, 0.5) is 5.69 Å². The van der Waals surface area contributed by atoms with E-state index in [2.05, 4.69) is 74.1 Å². The summed E-state index contributed by atoms with van der Waals surface area (Å²) < 4.78 is 10.7. The Labute approximate surface area is 197 Å². The number of allylic oxidation sites excluding steroid dienone is 4. The average molecular weight is 453 g/mol. The molecule has 1 aromatic heterocycles. The summed E-state index contributed by atoms with van der Waals surface area (Å²) >= 11 is 1.57. The Morgan fingerprint density at radius 1 is 1.25 bits per heavy atom. The molecule has 1 saturated carbocycles. The van der Waals surface area contributed by atoms with Crippen LogP contribution in [-0.4, -0.2) is 25.7 Å².